The van der Waals surface area contributed by atoms with Crippen molar-refractivity contribution < 1.29 is 9.53 Å². The summed E-state index contributed by atoms with van der Waals surface area (Å²) in [5.41, 5.74) is 3.14. The van der Waals surface area contributed by atoms with Gasteiger partial charge in [0.25, 0.3) is 0 Å². The summed E-state index contributed by atoms with van der Waals surface area (Å²) in [5, 5.41) is 0. The molecule has 0 amide bonds. The Morgan fingerprint density at radius 3 is 2.77 bits per heavy atom. The van der Waals surface area contributed by atoms with Crippen LogP contribution in [0.1, 0.15) is 39.2 Å². The van der Waals surface area contributed by atoms with E-state index in [1.165, 1.54) is 0 Å². The summed E-state index contributed by atoms with van der Waals surface area (Å²) in [4.78, 5) is 17.0. The van der Waals surface area contributed by atoms with Crippen molar-refractivity contribution in [1.82, 2.24) is 0 Å². The first-order valence-corrected chi connectivity index (χ1v) is 8.05. The third-order valence-electron chi connectivity index (χ3n) is 5.63. The molecule has 1 saturated carbocycles. The first-order valence-electron chi connectivity index (χ1n) is 8.05. The van der Waals surface area contributed by atoms with E-state index in [-0.39, 0.29) is 17.3 Å². The molecule has 0 N–H and O–H groups in total. The number of carbonyl (C=O) groups excluding carboxylic acids is 1. The van der Waals surface area contributed by atoms with E-state index < -0.39 is 0 Å². The van der Waals surface area contributed by atoms with Gasteiger partial charge in [0.1, 0.15) is 5.75 Å². The number of aliphatic imine (C=N–C) groups is 1. The molecule has 0 spiro atoms. The first-order chi connectivity index (χ1) is 10.4. The SMILES string of the molecule is CC1=Nc2ccc(OC(=O)C3CC4C=CC3C4)cc2C1(C)C. The smallest absolute Gasteiger partial charge is 0.314 e. The van der Waals surface area contributed by atoms with Gasteiger partial charge in [0.15, 0.2) is 0 Å². The number of fused-ring (bicyclic) bond motifs is 3. The average molecular weight is 295 g/mol. The maximum atomic E-state index is 12.4. The minimum Gasteiger partial charge on any atom is -0.426 e. The molecule has 114 valence electrons. The van der Waals surface area contributed by atoms with Crippen LogP contribution in [0.3, 0.4) is 0 Å². The molecule has 3 nitrogen and oxygen atoms in total. The quantitative estimate of drug-likeness (QED) is 0.466. The average Bonchev–Trinajstić information content (AvgIpc) is 3.15. The Morgan fingerprint density at radius 2 is 2.09 bits per heavy atom. The van der Waals surface area contributed by atoms with Crippen LogP contribution in [-0.2, 0) is 10.2 Å². The molecule has 3 atom stereocenters. The lowest BCUT2D eigenvalue weighted by molar-refractivity contribution is -0.139. The fourth-order valence-electron chi connectivity index (χ4n) is 3.94. The van der Waals surface area contributed by atoms with Crippen molar-refractivity contribution in [2.24, 2.45) is 22.7 Å². The van der Waals surface area contributed by atoms with Crippen LogP contribution in [0.5, 0.6) is 5.75 Å². The Balaban J connectivity index is 1.55. The number of nitrogens with zero attached hydrogens (tertiary/aromatic N) is 1. The number of esters is 1. The standard InChI is InChI=1S/C19H21NO2/c1-11-19(2,3)16-10-14(6-7-17(16)20-11)22-18(21)15-9-12-4-5-13(15)8-12/h4-7,10,12-13,15H,8-9H2,1-3H3. The molecule has 3 aliphatic rings. The summed E-state index contributed by atoms with van der Waals surface area (Å²) in [5.74, 6) is 1.57. The molecule has 2 bridgehead atoms. The lowest BCUT2D eigenvalue weighted by atomic mass is 9.82. The van der Waals surface area contributed by atoms with Gasteiger partial charge < -0.3 is 4.74 Å². The van der Waals surface area contributed by atoms with Crippen LogP contribution in [0.15, 0.2) is 35.3 Å². The zero-order valence-corrected chi connectivity index (χ0v) is 13.3. The molecule has 22 heavy (non-hydrogen) atoms. The predicted octanol–water partition coefficient (Wildman–Crippen LogP) is 4.19. The van der Waals surface area contributed by atoms with Crippen LogP contribution in [0.25, 0.3) is 0 Å². The summed E-state index contributed by atoms with van der Waals surface area (Å²) in [7, 11) is 0. The van der Waals surface area contributed by atoms with Gasteiger partial charge in [-0.1, -0.05) is 26.0 Å². The Kier molecular flexibility index (Phi) is 2.84. The number of hydrogen-bond donors (Lipinski definition) is 0. The largest absolute Gasteiger partial charge is 0.426 e. The minimum absolute atomic E-state index is 0.0363. The number of carbonyl (C=O) groups is 1. The van der Waals surface area contributed by atoms with Gasteiger partial charge >= 0.3 is 5.97 Å². The molecular weight excluding hydrogens is 274 g/mol. The van der Waals surface area contributed by atoms with Gasteiger partial charge in [-0.3, -0.25) is 9.79 Å². The second-order valence-corrected chi connectivity index (χ2v) is 7.31. The Bertz CT molecular complexity index is 714. The summed E-state index contributed by atoms with van der Waals surface area (Å²) >= 11 is 0. The van der Waals surface area contributed by atoms with Crippen molar-refractivity contribution in [2.75, 3.05) is 0 Å². The van der Waals surface area contributed by atoms with Gasteiger partial charge in [0.05, 0.1) is 11.6 Å². The molecule has 3 unspecified atom stereocenters. The van der Waals surface area contributed by atoms with Crippen LogP contribution >= 0.6 is 0 Å². The van der Waals surface area contributed by atoms with E-state index in [2.05, 4.69) is 31.0 Å². The molecule has 1 heterocycles. The molecule has 2 aliphatic carbocycles. The summed E-state index contributed by atoms with van der Waals surface area (Å²) in [6, 6.07) is 5.80. The maximum absolute atomic E-state index is 12.4. The lowest BCUT2D eigenvalue weighted by Gasteiger charge is -2.21. The van der Waals surface area contributed by atoms with Crippen molar-refractivity contribution in [3.05, 3.63) is 35.9 Å². The Labute approximate surface area is 131 Å². The topological polar surface area (TPSA) is 38.7 Å². The summed E-state index contributed by atoms with van der Waals surface area (Å²) < 4.78 is 5.68. The second-order valence-electron chi connectivity index (χ2n) is 7.31. The molecule has 0 saturated heterocycles. The number of allylic oxidation sites excluding steroid dienone is 2. The van der Waals surface area contributed by atoms with Crippen molar-refractivity contribution in [1.29, 1.82) is 0 Å². The number of ether oxygens (including phenoxy) is 1. The molecule has 0 radical (unpaired) electrons. The van der Waals surface area contributed by atoms with Crippen molar-refractivity contribution in [2.45, 2.75) is 39.0 Å². The highest BCUT2D eigenvalue weighted by molar-refractivity contribution is 5.99. The molecule has 1 aromatic carbocycles. The van der Waals surface area contributed by atoms with Gasteiger partial charge in [0, 0.05) is 11.1 Å². The van der Waals surface area contributed by atoms with Crippen LogP contribution < -0.4 is 4.74 Å². The molecule has 3 heteroatoms. The first kappa shape index (κ1) is 13.7. The fraction of sp³-hybridized carbons (Fsp3) is 0.474. The van der Waals surface area contributed by atoms with Gasteiger partial charge in [0.2, 0.25) is 0 Å². The van der Waals surface area contributed by atoms with E-state index in [4.69, 9.17) is 4.74 Å². The van der Waals surface area contributed by atoms with Crippen molar-refractivity contribution in [3.63, 3.8) is 0 Å². The molecule has 1 aliphatic heterocycles. The normalized spacial score (nSPS) is 30.3. The predicted molar refractivity (Wildman–Crippen MR) is 86.7 cm³/mol. The monoisotopic (exact) mass is 295 g/mol. The summed E-state index contributed by atoms with van der Waals surface area (Å²) in [6.45, 7) is 6.36. The summed E-state index contributed by atoms with van der Waals surface area (Å²) in [6.07, 6.45) is 6.48. The molecule has 0 aromatic heterocycles. The van der Waals surface area contributed by atoms with E-state index in [1.54, 1.807) is 0 Å². The molecule has 4 rings (SSSR count). The number of benzene rings is 1. The van der Waals surface area contributed by atoms with Gasteiger partial charge in [-0.25, -0.2) is 0 Å². The van der Waals surface area contributed by atoms with E-state index in [0.29, 0.717) is 17.6 Å². The highest BCUT2D eigenvalue weighted by Crippen LogP contribution is 2.45. The van der Waals surface area contributed by atoms with Crippen molar-refractivity contribution in [3.8, 4) is 5.75 Å². The highest BCUT2D eigenvalue weighted by atomic mass is 16.5. The maximum Gasteiger partial charge on any atom is 0.314 e. The van der Waals surface area contributed by atoms with Crippen LogP contribution in [0.4, 0.5) is 5.69 Å². The van der Waals surface area contributed by atoms with Gasteiger partial charge in [-0.15, -0.1) is 0 Å². The van der Waals surface area contributed by atoms with E-state index >= 15 is 0 Å². The molecular formula is C19H21NO2. The third-order valence-corrected chi connectivity index (χ3v) is 5.63. The third kappa shape index (κ3) is 1.95. The van der Waals surface area contributed by atoms with Gasteiger partial charge in [-0.2, -0.15) is 0 Å². The lowest BCUT2D eigenvalue weighted by Crippen LogP contribution is -2.25. The minimum atomic E-state index is -0.0904. The van der Waals surface area contributed by atoms with Crippen molar-refractivity contribution >= 4 is 17.4 Å². The van der Waals surface area contributed by atoms with E-state index in [9.17, 15) is 4.79 Å². The number of hydrogen-bond acceptors (Lipinski definition) is 3. The molecule has 1 fully saturated rings. The van der Waals surface area contributed by atoms with E-state index in [0.717, 1.165) is 29.8 Å². The second kappa shape index (κ2) is 4.55. The number of rotatable bonds is 2. The Hall–Kier alpha value is -1.90. The van der Waals surface area contributed by atoms with Crippen LogP contribution in [-0.4, -0.2) is 11.7 Å². The van der Waals surface area contributed by atoms with Crippen LogP contribution in [0.2, 0.25) is 0 Å². The van der Waals surface area contributed by atoms with E-state index in [1.807, 2.05) is 25.1 Å². The highest BCUT2D eigenvalue weighted by Gasteiger charge is 2.41. The Morgan fingerprint density at radius 1 is 1.27 bits per heavy atom. The molecule has 1 aromatic rings. The zero-order chi connectivity index (χ0) is 15.5. The fourth-order valence-corrected chi connectivity index (χ4v) is 3.94. The van der Waals surface area contributed by atoms with Gasteiger partial charge in [-0.05, 0) is 55.4 Å². The van der Waals surface area contributed by atoms with Crippen LogP contribution in [0, 0.1) is 17.8 Å². The zero-order valence-electron chi connectivity index (χ0n) is 13.3.